The predicted octanol–water partition coefficient (Wildman–Crippen LogP) is 2.00. The van der Waals surface area contributed by atoms with Gasteiger partial charge in [-0.25, -0.2) is 0 Å². The Balaban J connectivity index is 2.53. The number of carbonyl (C=O) groups excluding carboxylic acids is 1. The van der Waals surface area contributed by atoms with Crippen LogP contribution in [0.3, 0.4) is 0 Å². The summed E-state index contributed by atoms with van der Waals surface area (Å²) in [5.74, 6) is -0.00718. The van der Waals surface area contributed by atoms with Gasteiger partial charge in [0.15, 0.2) is 0 Å². The molecule has 0 fully saturated rings. The van der Waals surface area contributed by atoms with Crippen LogP contribution in [0, 0.1) is 5.92 Å². The molecule has 6 heteroatoms. The third-order valence-electron chi connectivity index (χ3n) is 2.70. The summed E-state index contributed by atoms with van der Waals surface area (Å²) in [6, 6.07) is 5.37. The van der Waals surface area contributed by atoms with Crippen LogP contribution in [0.4, 0.5) is 8.78 Å². The van der Waals surface area contributed by atoms with Crippen molar-refractivity contribution in [2.75, 3.05) is 6.54 Å². The molecule has 106 valence electrons. The lowest BCUT2D eigenvalue weighted by Crippen LogP contribution is -2.40. The fourth-order valence-corrected chi connectivity index (χ4v) is 1.34. The Morgan fingerprint density at radius 2 is 1.89 bits per heavy atom. The highest BCUT2D eigenvalue weighted by atomic mass is 19.3. The monoisotopic (exact) mass is 272 g/mol. The largest absolute Gasteiger partial charge is 0.435 e. The lowest BCUT2D eigenvalue weighted by atomic mass is 10.1. The van der Waals surface area contributed by atoms with Crippen LogP contribution in [0.5, 0.6) is 5.75 Å². The molecule has 1 amide bonds. The topological polar surface area (TPSA) is 64.3 Å². The Morgan fingerprint density at radius 1 is 1.32 bits per heavy atom. The third-order valence-corrected chi connectivity index (χ3v) is 2.70. The molecule has 1 unspecified atom stereocenters. The Bertz CT molecular complexity index is 408. The van der Waals surface area contributed by atoms with Crippen molar-refractivity contribution in [3.8, 4) is 5.75 Å². The van der Waals surface area contributed by atoms with E-state index in [1.165, 1.54) is 24.3 Å². The third kappa shape index (κ3) is 5.21. The summed E-state index contributed by atoms with van der Waals surface area (Å²) < 4.78 is 28.1. The van der Waals surface area contributed by atoms with E-state index in [0.29, 0.717) is 12.1 Å². The first kappa shape index (κ1) is 15.4. The minimum absolute atomic E-state index is 0.0189. The minimum Gasteiger partial charge on any atom is -0.435 e. The highest BCUT2D eigenvalue weighted by molar-refractivity contribution is 5.94. The van der Waals surface area contributed by atoms with Gasteiger partial charge in [-0.3, -0.25) is 4.79 Å². The van der Waals surface area contributed by atoms with Gasteiger partial charge >= 0.3 is 6.61 Å². The zero-order valence-corrected chi connectivity index (χ0v) is 10.9. The number of amides is 1. The van der Waals surface area contributed by atoms with Crippen molar-refractivity contribution in [2.45, 2.75) is 26.5 Å². The second-order valence-electron chi connectivity index (χ2n) is 4.52. The molecule has 0 saturated carbocycles. The van der Waals surface area contributed by atoms with Crippen LogP contribution < -0.4 is 15.8 Å². The number of halogens is 2. The zero-order chi connectivity index (χ0) is 14.4. The first-order chi connectivity index (χ1) is 8.90. The smallest absolute Gasteiger partial charge is 0.387 e. The Kier molecular flexibility index (Phi) is 5.69. The molecule has 0 heterocycles. The fraction of sp³-hybridized carbons (Fsp3) is 0.462. The second-order valence-corrected chi connectivity index (χ2v) is 4.52. The van der Waals surface area contributed by atoms with E-state index in [1.807, 2.05) is 13.8 Å². The highest BCUT2D eigenvalue weighted by Crippen LogP contribution is 2.14. The molecular formula is C13H18F2N2O2. The average molecular weight is 272 g/mol. The minimum atomic E-state index is -2.87. The first-order valence-corrected chi connectivity index (χ1v) is 5.98. The standard InChI is InChI=1S/C13H18F2N2O2/c1-8(2)11(16)7-17-12(18)9-3-5-10(6-4-9)19-13(14)15/h3-6,8,11,13H,7,16H2,1-2H3,(H,17,18). The van der Waals surface area contributed by atoms with Gasteiger partial charge in [-0.05, 0) is 30.2 Å². The van der Waals surface area contributed by atoms with Crippen LogP contribution in [-0.2, 0) is 0 Å². The highest BCUT2D eigenvalue weighted by Gasteiger charge is 2.11. The van der Waals surface area contributed by atoms with Crippen molar-refractivity contribution in [3.63, 3.8) is 0 Å². The average Bonchev–Trinajstić information content (AvgIpc) is 2.35. The summed E-state index contributed by atoms with van der Waals surface area (Å²) in [5.41, 5.74) is 6.18. The molecule has 3 N–H and O–H groups in total. The molecule has 0 saturated heterocycles. The Labute approximate surface area is 110 Å². The van der Waals surface area contributed by atoms with E-state index in [-0.39, 0.29) is 23.6 Å². The van der Waals surface area contributed by atoms with Crippen LogP contribution in [0.15, 0.2) is 24.3 Å². The molecule has 0 bridgehead atoms. The molecule has 0 aliphatic heterocycles. The maximum absolute atomic E-state index is 11.9. The van der Waals surface area contributed by atoms with Crippen LogP contribution in [0.25, 0.3) is 0 Å². The maximum Gasteiger partial charge on any atom is 0.387 e. The second kappa shape index (κ2) is 7.04. The molecule has 1 atom stereocenters. The molecule has 1 aromatic rings. The van der Waals surface area contributed by atoms with Crippen molar-refractivity contribution < 1.29 is 18.3 Å². The van der Waals surface area contributed by atoms with Gasteiger partial charge in [-0.2, -0.15) is 8.78 Å². The van der Waals surface area contributed by atoms with E-state index in [0.717, 1.165) is 0 Å². The number of benzene rings is 1. The summed E-state index contributed by atoms with van der Waals surface area (Å²) in [5, 5.41) is 2.69. The molecule has 0 aliphatic carbocycles. The SMILES string of the molecule is CC(C)C(N)CNC(=O)c1ccc(OC(F)F)cc1. The van der Waals surface area contributed by atoms with E-state index in [1.54, 1.807) is 0 Å². The summed E-state index contributed by atoms with van der Waals surface area (Å²) in [6.07, 6.45) is 0. The van der Waals surface area contributed by atoms with Gasteiger partial charge in [0, 0.05) is 18.2 Å². The van der Waals surface area contributed by atoms with Crippen molar-refractivity contribution in [1.29, 1.82) is 0 Å². The number of nitrogens with one attached hydrogen (secondary N) is 1. The Morgan fingerprint density at radius 3 is 2.37 bits per heavy atom. The normalized spacial score (nSPS) is 12.6. The van der Waals surface area contributed by atoms with Gasteiger partial charge in [0.25, 0.3) is 5.91 Å². The maximum atomic E-state index is 11.9. The lowest BCUT2D eigenvalue weighted by Gasteiger charge is -2.16. The van der Waals surface area contributed by atoms with Gasteiger partial charge in [-0.15, -0.1) is 0 Å². The van der Waals surface area contributed by atoms with Gasteiger partial charge < -0.3 is 15.8 Å². The summed E-state index contributed by atoms with van der Waals surface area (Å²) in [4.78, 5) is 11.7. The van der Waals surface area contributed by atoms with Crippen molar-refractivity contribution in [2.24, 2.45) is 11.7 Å². The number of carbonyl (C=O) groups is 1. The first-order valence-electron chi connectivity index (χ1n) is 5.98. The number of rotatable bonds is 6. The van der Waals surface area contributed by atoms with E-state index in [9.17, 15) is 13.6 Å². The van der Waals surface area contributed by atoms with Gasteiger partial charge in [0.1, 0.15) is 5.75 Å². The summed E-state index contributed by atoms with van der Waals surface area (Å²) >= 11 is 0. The van der Waals surface area contributed by atoms with Crippen LogP contribution in [0.2, 0.25) is 0 Å². The quantitative estimate of drug-likeness (QED) is 0.832. The molecule has 19 heavy (non-hydrogen) atoms. The van der Waals surface area contributed by atoms with Crippen molar-refractivity contribution in [3.05, 3.63) is 29.8 Å². The number of alkyl halides is 2. The van der Waals surface area contributed by atoms with Crippen molar-refractivity contribution in [1.82, 2.24) is 5.32 Å². The molecule has 0 aliphatic rings. The fourth-order valence-electron chi connectivity index (χ4n) is 1.34. The zero-order valence-electron chi connectivity index (χ0n) is 10.9. The Hall–Kier alpha value is -1.69. The predicted molar refractivity (Wildman–Crippen MR) is 68.2 cm³/mol. The molecule has 0 aromatic heterocycles. The molecule has 1 rings (SSSR count). The van der Waals surface area contributed by atoms with Gasteiger partial charge in [-0.1, -0.05) is 13.8 Å². The van der Waals surface area contributed by atoms with Crippen LogP contribution in [0.1, 0.15) is 24.2 Å². The summed E-state index contributed by atoms with van der Waals surface area (Å²) in [6.45, 7) is 1.43. The molecule has 0 radical (unpaired) electrons. The van der Waals surface area contributed by atoms with Crippen molar-refractivity contribution >= 4 is 5.91 Å². The number of hydrogen-bond acceptors (Lipinski definition) is 3. The molecule has 1 aromatic carbocycles. The lowest BCUT2D eigenvalue weighted by molar-refractivity contribution is -0.0498. The van der Waals surface area contributed by atoms with E-state index in [4.69, 9.17) is 5.73 Å². The van der Waals surface area contributed by atoms with Gasteiger partial charge in [0.05, 0.1) is 0 Å². The molecule has 0 spiro atoms. The van der Waals surface area contributed by atoms with Gasteiger partial charge in [0.2, 0.25) is 0 Å². The molecular weight excluding hydrogens is 254 g/mol. The van der Waals surface area contributed by atoms with E-state index < -0.39 is 6.61 Å². The number of ether oxygens (including phenoxy) is 1. The number of hydrogen-bond donors (Lipinski definition) is 2. The van der Waals surface area contributed by atoms with E-state index in [2.05, 4.69) is 10.1 Å². The van der Waals surface area contributed by atoms with E-state index >= 15 is 0 Å². The summed E-state index contributed by atoms with van der Waals surface area (Å²) in [7, 11) is 0. The van der Waals surface area contributed by atoms with Crippen LogP contribution in [-0.4, -0.2) is 25.1 Å². The number of nitrogens with two attached hydrogens (primary N) is 1. The van der Waals surface area contributed by atoms with Crippen LogP contribution >= 0.6 is 0 Å². The molecule has 4 nitrogen and oxygen atoms in total.